The highest BCUT2D eigenvalue weighted by atomic mass is 32.1. The molecular formula is C10H14N2O2S. The monoisotopic (exact) mass is 226 g/mol. The van der Waals surface area contributed by atoms with Gasteiger partial charge in [-0.1, -0.05) is 0 Å². The summed E-state index contributed by atoms with van der Waals surface area (Å²) in [4.78, 5) is 14.3. The lowest BCUT2D eigenvalue weighted by molar-refractivity contribution is -0.143. The van der Waals surface area contributed by atoms with Crippen molar-refractivity contribution in [3.8, 4) is 0 Å². The first-order chi connectivity index (χ1) is 7.22. The standard InChI is InChI=1S/C10H14N2O2S/c11-5-8(10(13)14)12-3-1-9-7(6-12)2-4-15-9/h2,4,8H,1,3,5-6,11H2,(H,13,14). The molecule has 82 valence electrons. The maximum absolute atomic E-state index is 11.0. The minimum Gasteiger partial charge on any atom is -0.480 e. The number of carboxylic acids is 1. The summed E-state index contributed by atoms with van der Waals surface area (Å²) in [6.45, 7) is 1.68. The quantitative estimate of drug-likeness (QED) is 0.788. The van der Waals surface area contributed by atoms with Gasteiger partial charge in [-0.15, -0.1) is 11.3 Å². The molecule has 0 spiro atoms. The Morgan fingerprint density at radius 3 is 3.20 bits per heavy atom. The molecule has 1 aromatic rings. The Morgan fingerprint density at radius 2 is 2.53 bits per heavy atom. The zero-order valence-corrected chi connectivity index (χ0v) is 9.17. The molecule has 5 heteroatoms. The Bertz CT molecular complexity index is 364. The minimum atomic E-state index is -0.823. The summed E-state index contributed by atoms with van der Waals surface area (Å²) in [6.07, 6.45) is 0.941. The van der Waals surface area contributed by atoms with Crippen LogP contribution in [0.2, 0.25) is 0 Å². The summed E-state index contributed by atoms with van der Waals surface area (Å²) >= 11 is 1.75. The summed E-state index contributed by atoms with van der Waals surface area (Å²) in [7, 11) is 0. The van der Waals surface area contributed by atoms with Crippen molar-refractivity contribution < 1.29 is 9.90 Å². The molecule has 1 aliphatic heterocycles. The van der Waals surface area contributed by atoms with E-state index in [1.165, 1.54) is 10.4 Å². The molecular weight excluding hydrogens is 212 g/mol. The zero-order valence-electron chi connectivity index (χ0n) is 8.35. The molecule has 0 bridgehead atoms. The highest BCUT2D eigenvalue weighted by Crippen LogP contribution is 2.24. The molecule has 0 aliphatic carbocycles. The number of aliphatic carboxylic acids is 1. The van der Waals surface area contributed by atoms with Gasteiger partial charge in [-0.2, -0.15) is 0 Å². The Kier molecular flexibility index (Phi) is 3.04. The molecule has 0 fully saturated rings. The molecule has 2 rings (SSSR count). The summed E-state index contributed by atoms with van der Waals surface area (Å²) in [6, 6.07) is 1.53. The van der Waals surface area contributed by atoms with E-state index in [2.05, 4.69) is 11.4 Å². The molecule has 1 unspecified atom stereocenters. The Hall–Kier alpha value is -0.910. The molecule has 0 radical (unpaired) electrons. The molecule has 0 amide bonds. The van der Waals surface area contributed by atoms with Crippen LogP contribution in [0.3, 0.4) is 0 Å². The number of nitrogens with zero attached hydrogens (tertiary/aromatic N) is 1. The molecule has 0 saturated carbocycles. The average Bonchev–Trinajstić information content (AvgIpc) is 2.65. The van der Waals surface area contributed by atoms with Crippen LogP contribution >= 0.6 is 11.3 Å². The highest BCUT2D eigenvalue weighted by molar-refractivity contribution is 7.10. The lowest BCUT2D eigenvalue weighted by Gasteiger charge is -2.31. The lowest BCUT2D eigenvalue weighted by atomic mass is 10.1. The van der Waals surface area contributed by atoms with Gasteiger partial charge in [0.15, 0.2) is 0 Å². The maximum atomic E-state index is 11.0. The fourth-order valence-electron chi connectivity index (χ4n) is 1.94. The predicted molar refractivity (Wildman–Crippen MR) is 58.9 cm³/mol. The SMILES string of the molecule is NCC(C(=O)O)N1CCc2sccc2C1. The first kappa shape index (κ1) is 10.6. The number of carbonyl (C=O) groups is 1. The van der Waals surface area contributed by atoms with Crippen molar-refractivity contribution in [3.63, 3.8) is 0 Å². The number of hydrogen-bond acceptors (Lipinski definition) is 4. The smallest absolute Gasteiger partial charge is 0.322 e. The molecule has 15 heavy (non-hydrogen) atoms. The number of rotatable bonds is 3. The second-order valence-corrected chi connectivity index (χ2v) is 4.68. The van der Waals surface area contributed by atoms with E-state index in [4.69, 9.17) is 10.8 Å². The van der Waals surface area contributed by atoms with Gasteiger partial charge in [-0.05, 0) is 23.4 Å². The Balaban J connectivity index is 2.11. The third kappa shape index (κ3) is 2.04. The van der Waals surface area contributed by atoms with Gasteiger partial charge in [0.1, 0.15) is 6.04 Å². The van der Waals surface area contributed by atoms with Crippen molar-refractivity contribution in [2.45, 2.75) is 19.0 Å². The second-order valence-electron chi connectivity index (χ2n) is 3.68. The number of hydrogen-bond donors (Lipinski definition) is 2. The molecule has 1 aliphatic rings. The van der Waals surface area contributed by atoms with Crippen molar-refractivity contribution >= 4 is 17.3 Å². The van der Waals surface area contributed by atoms with Gasteiger partial charge in [0.2, 0.25) is 0 Å². The molecule has 3 N–H and O–H groups in total. The number of fused-ring (bicyclic) bond motifs is 1. The van der Waals surface area contributed by atoms with Crippen molar-refractivity contribution in [1.82, 2.24) is 4.90 Å². The van der Waals surface area contributed by atoms with Gasteiger partial charge in [0.25, 0.3) is 0 Å². The van der Waals surface area contributed by atoms with Crippen LogP contribution in [-0.2, 0) is 17.8 Å². The summed E-state index contributed by atoms with van der Waals surface area (Å²) < 4.78 is 0. The van der Waals surface area contributed by atoms with Crippen molar-refractivity contribution in [1.29, 1.82) is 0 Å². The normalized spacial score (nSPS) is 18.5. The summed E-state index contributed by atoms with van der Waals surface area (Å²) in [5.74, 6) is -0.823. The second kappa shape index (κ2) is 4.30. The fourth-order valence-corrected chi connectivity index (χ4v) is 2.83. The molecule has 1 atom stereocenters. The van der Waals surface area contributed by atoms with E-state index in [0.29, 0.717) is 6.54 Å². The van der Waals surface area contributed by atoms with E-state index in [1.54, 1.807) is 11.3 Å². The van der Waals surface area contributed by atoms with Crippen LogP contribution in [0.15, 0.2) is 11.4 Å². The van der Waals surface area contributed by atoms with Crippen LogP contribution < -0.4 is 5.73 Å². The molecule has 2 heterocycles. The molecule has 0 saturated heterocycles. The van der Waals surface area contributed by atoms with Crippen LogP contribution in [0.1, 0.15) is 10.4 Å². The predicted octanol–water partition coefficient (Wildman–Crippen LogP) is 0.518. The van der Waals surface area contributed by atoms with Crippen LogP contribution in [0.4, 0.5) is 0 Å². The third-order valence-electron chi connectivity index (χ3n) is 2.79. The van der Waals surface area contributed by atoms with E-state index in [9.17, 15) is 4.79 Å². The van der Waals surface area contributed by atoms with E-state index in [-0.39, 0.29) is 6.54 Å². The van der Waals surface area contributed by atoms with Crippen molar-refractivity contribution in [3.05, 3.63) is 21.9 Å². The topological polar surface area (TPSA) is 66.6 Å². The van der Waals surface area contributed by atoms with Crippen molar-refractivity contribution in [2.75, 3.05) is 13.1 Å². The minimum absolute atomic E-state index is 0.175. The lowest BCUT2D eigenvalue weighted by Crippen LogP contribution is -2.47. The van der Waals surface area contributed by atoms with Crippen LogP contribution in [0, 0.1) is 0 Å². The van der Waals surface area contributed by atoms with E-state index in [1.807, 2.05) is 4.90 Å². The average molecular weight is 226 g/mol. The number of nitrogens with two attached hydrogens (primary N) is 1. The van der Waals surface area contributed by atoms with Gasteiger partial charge < -0.3 is 10.8 Å². The van der Waals surface area contributed by atoms with Crippen LogP contribution in [0.5, 0.6) is 0 Å². The van der Waals surface area contributed by atoms with E-state index < -0.39 is 12.0 Å². The van der Waals surface area contributed by atoms with Gasteiger partial charge in [-0.3, -0.25) is 9.69 Å². The largest absolute Gasteiger partial charge is 0.480 e. The van der Waals surface area contributed by atoms with Gasteiger partial charge in [0, 0.05) is 24.5 Å². The van der Waals surface area contributed by atoms with E-state index >= 15 is 0 Å². The van der Waals surface area contributed by atoms with Gasteiger partial charge >= 0.3 is 5.97 Å². The van der Waals surface area contributed by atoms with Crippen LogP contribution in [-0.4, -0.2) is 35.1 Å². The van der Waals surface area contributed by atoms with Gasteiger partial charge in [-0.25, -0.2) is 0 Å². The first-order valence-electron chi connectivity index (χ1n) is 4.94. The highest BCUT2D eigenvalue weighted by Gasteiger charge is 2.27. The van der Waals surface area contributed by atoms with Crippen LogP contribution in [0.25, 0.3) is 0 Å². The summed E-state index contributed by atoms with van der Waals surface area (Å²) in [5, 5.41) is 11.1. The summed E-state index contributed by atoms with van der Waals surface area (Å²) in [5.41, 5.74) is 6.74. The molecule has 1 aromatic heterocycles. The third-order valence-corrected chi connectivity index (χ3v) is 3.81. The van der Waals surface area contributed by atoms with Crippen molar-refractivity contribution in [2.24, 2.45) is 5.73 Å². The zero-order chi connectivity index (χ0) is 10.8. The first-order valence-corrected chi connectivity index (χ1v) is 5.82. The Morgan fingerprint density at radius 1 is 1.73 bits per heavy atom. The molecule has 0 aromatic carbocycles. The number of thiophene rings is 1. The van der Waals surface area contributed by atoms with E-state index in [0.717, 1.165) is 13.0 Å². The Labute approximate surface area is 92.3 Å². The fraction of sp³-hybridized carbons (Fsp3) is 0.500. The number of carboxylic acid groups (broad SMARTS) is 1. The molecule has 4 nitrogen and oxygen atoms in total. The maximum Gasteiger partial charge on any atom is 0.322 e. The van der Waals surface area contributed by atoms with Gasteiger partial charge in [0.05, 0.1) is 0 Å².